The fraction of sp³-hybridized carbons (Fsp3) is 0.500. The Morgan fingerprint density at radius 3 is 2.32 bits per heavy atom. The van der Waals surface area contributed by atoms with Crippen molar-refractivity contribution in [3.05, 3.63) is 30.3 Å². The number of rotatable bonds is 10. The predicted molar refractivity (Wildman–Crippen MR) is 91.3 cm³/mol. The zero-order chi connectivity index (χ0) is 18.9. The second kappa shape index (κ2) is 10.1. The minimum Gasteiger partial charge on any atom is -0.465 e. The first-order valence-corrected chi connectivity index (χ1v) is 9.20. The molecule has 1 rings (SSSR count). The SMILES string of the molecule is CCOC(=O)CN(CCOC)C(=O)CN(C)S(=O)(=O)c1ccccc1. The normalized spacial score (nSPS) is 11.4. The third-order valence-electron chi connectivity index (χ3n) is 3.35. The van der Waals surface area contributed by atoms with Crippen LogP contribution in [0.2, 0.25) is 0 Å². The summed E-state index contributed by atoms with van der Waals surface area (Å²) in [5.41, 5.74) is 0. The standard InChI is InChI=1S/C16H24N2O6S/c1-4-24-16(20)13-18(10-11-23-3)15(19)12-17(2)25(21,22)14-8-6-5-7-9-14/h5-9H,4,10-13H2,1-3H3. The van der Waals surface area contributed by atoms with E-state index < -0.39 is 21.9 Å². The summed E-state index contributed by atoms with van der Waals surface area (Å²) in [6.07, 6.45) is 0. The molecule has 0 heterocycles. The lowest BCUT2D eigenvalue weighted by molar-refractivity contribution is -0.149. The van der Waals surface area contributed by atoms with Crippen molar-refractivity contribution >= 4 is 21.9 Å². The van der Waals surface area contributed by atoms with E-state index in [0.717, 1.165) is 4.31 Å². The summed E-state index contributed by atoms with van der Waals surface area (Å²) in [4.78, 5) is 25.4. The fourth-order valence-electron chi connectivity index (χ4n) is 2.00. The van der Waals surface area contributed by atoms with E-state index >= 15 is 0 Å². The van der Waals surface area contributed by atoms with Gasteiger partial charge in [-0.05, 0) is 19.1 Å². The van der Waals surface area contributed by atoms with Crippen molar-refractivity contribution in [2.24, 2.45) is 0 Å². The molecule has 0 aliphatic rings. The van der Waals surface area contributed by atoms with Crippen LogP contribution in [0.4, 0.5) is 0 Å². The molecule has 0 bridgehead atoms. The summed E-state index contributed by atoms with van der Waals surface area (Å²) in [7, 11) is -0.999. The van der Waals surface area contributed by atoms with E-state index in [2.05, 4.69) is 0 Å². The van der Waals surface area contributed by atoms with E-state index in [1.807, 2.05) is 0 Å². The van der Waals surface area contributed by atoms with Gasteiger partial charge in [0, 0.05) is 20.7 Å². The molecule has 0 atom stereocenters. The summed E-state index contributed by atoms with van der Waals surface area (Å²) in [5, 5.41) is 0. The maximum atomic E-state index is 12.5. The minimum atomic E-state index is -3.79. The average molecular weight is 372 g/mol. The van der Waals surface area contributed by atoms with E-state index in [-0.39, 0.29) is 37.7 Å². The number of benzene rings is 1. The number of ether oxygens (including phenoxy) is 2. The van der Waals surface area contributed by atoms with E-state index in [1.54, 1.807) is 25.1 Å². The minimum absolute atomic E-state index is 0.0964. The van der Waals surface area contributed by atoms with Gasteiger partial charge >= 0.3 is 5.97 Å². The first kappa shape index (κ1) is 21.1. The molecule has 25 heavy (non-hydrogen) atoms. The third kappa shape index (κ3) is 6.45. The summed E-state index contributed by atoms with van der Waals surface area (Å²) < 4.78 is 35.7. The smallest absolute Gasteiger partial charge is 0.325 e. The number of amides is 1. The molecular weight excluding hydrogens is 348 g/mol. The monoisotopic (exact) mass is 372 g/mol. The number of nitrogens with zero attached hydrogens (tertiary/aromatic N) is 2. The molecule has 0 unspecified atom stereocenters. The van der Waals surface area contributed by atoms with Crippen molar-refractivity contribution < 1.29 is 27.5 Å². The van der Waals surface area contributed by atoms with Crippen molar-refractivity contribution in [2.75, 3.05) is 47.0 Å². The van der Waals surface area contributed by atoms with Gasteiger partial charge in [0.2, 0.25) is 15.9 Å². The zero-order valence-corrected chi connectivity index (χ0v) is 15.5. The van der Waals surface area contributed by atoms with Gasteiger partial charge in [0.1, 0.15) is 6.54 Å². The van der Waals surface area contributed by atoms with Gasteiger partial charge in [0.15, 0.2) is 0 Å². The van der Waals surface area contributed by atoms with Crippen LogP contribution in [0.1, 0.15) is 6.92 Å². The van der Waals surface area contributed by atoms with Crippen LogP contribution >= 0.6 is 0 Å². The Balaban J connectivity index is 2.82. The molecule has 140 valence electrons. The Morgan fingerprint density at radius 2 is 1.76 bits per heavy atom. The van der Waals surface area contributed by atoms with Crippen LogP contribution in [0.3, 0.4) is 0 Å². The van der Waals surface area contributed by atoms with E-state index in [9.17, 15) is 18.0 Å². The Labute approximate surface area is 148 Å². The molecule has 0 aliphatic carbocycles. The van der Waals surface area contributed by atoms with Crippen LogP contribution in [-0.4, -0.2) is 76.5 Å². The Kier molecular flexibility index (Phi) is 8.53. The van der Waals surface area contributed by atoms with Gasteiger partial charge in [0.05, 0.1) is 24.7 Å². The molecule has 0 spiro atoms. The van der Waals surface area contributed by atoms with Crippen LogP contribution in [0, 0.1) is 0 Å². The van der Waals surface area contributed by atoms with Gasteiger partial charge in [-0.25, -0.2) is 8.42 Å². The summed E-state index contributed by atoms with van der Waals surface area (Å²) in [6, 6.07) is 7.83. The van der Waals surface area contributed by atoms with Crippen LogP contribution in [0.5, 0.6) is 0 Å². The van der Waals surface area contributed by atoms with Gasteiger partial charge in [-0.1, -0.05) is 18.2 Å². The third-order valence-corrected chi connectivity index (χ3v) is 5.17. The second-order valence-electron chi connectivity index (χ2n) is 5.19. The Morgan fingerprint density at radius 1 is 1.12 bits per heavy atom. The number of methoxy groups -OCH3 is 1. The van der Waals surface area contributed by atoms with Gasteiger partial charge in [-0.3, -0.25) is 9.59 Å². The van der Waals surface area contributed by atoms with Gasteiger partial charge in [0.25, 0.3) is 0 Å². The maximum Gasteiger partial charge on any atom is 0.325 e. The molecule has 0 aliphatic heterocycles. The molecule has 0 aromatic heterocycles. The van der Waals surface area contributed by atoms with Gasteiger partial charge in [-0.15, -0.1) is 0 Å². The Hall–Kier alpha value is -1.97. The molecule has 1 amide bonds. The molecule has 0 saturated carbocycles. The lowest BCUT2D eigenvalue weighted by Gasteiger charge is -2.24. The van der Waals surface area contributed by atoms with Gasteiger partial charge < -0.3 is 14.4 Å². The molecule has 0 fully saturated rings. The molecule has 0 radical (unpaired) electrons. The summed E-state index contributed by atoms with van der Waals surface area (Å²) >= 11 is 0. The lowest BCUT2D eigenvalue weighted by Crippen LogP contribution is -2.44. The number of esters is 1. The number of carbonyl (C=O) groups excluding carboxylic acids is 2. The highest BCUT2D eigenvalue weighted by Crippen LogP contribution is 2.13. The van der Waals surface area contributed by atoms with Crippen molar-refractivity contribution in [3.8, 4) is 0 Å². The number of hydrogen-bond acceptors (Lipinski definition) is 6. The first-order valence-electron chi connectivity index (χ1n) is 7.76. The highest BCUT2D eigenvalue weighted by Gasteiger charge is 2.26. The lowest BCUT2D eigenvalue weighted by atomic mass is 10.4. The molecule has 0 saturated heterocycles. The number of likely N-dealkylation sites (N-methyl/N-ethyl adjacent to an activating group) is 1. The van der Waals surface area contributed by atoms with Crippen molar-refractivity contribution in [1.82, 2.24) is 9.21 Å². The van der Waals surface area contributed by atoms with E-state index in [1.165, 1.54) is 31.2 Å². The van der Waals surface area contributed by atoms with Crippen LogP contribution < -0.4 is 0 Å². The fourth-order valence-corrected chi connectivity index (χ4v) is 3.15. The molecule has 1 aromatic carbocycles. The Bertz CT molecular complexity index is 662. The molecule has 0 N–H and O–H groups in total. The second-order valence-corrected chi connectivity index (χ2v) is 7.23. The predicted octanol–water partition coefficient (Wildman–Crippen LogP) is 0.345. The highest BCUT2D eigenvalue weighted by molar-refractivity contribution is 7.89. The maximum absolute atomic E-state index is 12.5. The summed E-state index contributed by atoms with van der Waals surface area (Å²) in [6.45, 7) is 1.61. The molecule has 1 aromatic rings. The number of carbonyl (C=O) groups is 2. The van der Waals surface area contributed by atoms with Crippen molar-refractivity contribution in [2.45, 2.75) is 11.8 Å². The van der Waals surface area contributed by atoms with Gasteiger partial charge in [-0.2, -0.15) is 4.31 Å². The van der Waals surface area contributed by atoms with Crippen LogP contribution in [0.25, 0.3) is 0 Å². The van der Waals surface area contributed by atoms with E-state index in [0.29, 0.717) is 0 Å². The quantitative estimate of drug-likeness (QED) is 0.550. The first-order chi connectivity index (χ1) is 11.8. The largest absolute Gasteiger partial charge is 0.465 e. The molecule has 8 nitrogen and oxygen atoms in total. The zero-order valence-electron chi connectivity index (χ0n) is 14.7. The van der Waals surface area contributed by atoms with E-state index in [4.69, 9.17) is 9.47 Å². The summed E-state index contributed by atoms with van der Waals surface area (Å²) in [5.74, 6) is -1.06. The molecule has 9 heteroatoms. The molecular formula is C16H24N2O6S. The van der Waals surface area contributed by atoms with Crippen molar-refractivity contribution in [1.29, 1.82) is 0 Å². The highest BCUT2D eigenvalue weighted by atomic mass is 32.2. The average Bonchev–Trinajstić information content (AvgIpc) is 2.59. The van der Waals surface area contributed by atoms with Crippen LogP contribution in [0.15, 0.2) is 35.2 Å². The van der Waals surface area contributed by atoms with Crippen LogP contribution in [-0.2, 0) is 29.1 Å². The van der Waals surface area contributed by atoms with Crippen molar-refractivity contribution in [3.63, 3.8) is 0 Å². The number of sulfonamides is 1. The topological polar surface area (TPSA) is 93.2 Å². The number of hydrogen-bond donors (Lipinski definition) is 0.